The average Bonchev–Trinajstić information content (AvgIpc) is 3.04. The molecule has 0 radical (unpaired) electrons. The third-order valence-corrected chi connectivity index (χ3v) is 4.81. The number of aryl methyl sites for hydroxylation is 3. The van der Waals surface area contributed by atoms with Crippen LogP contribution in [0.2, 0.25) is 0 Å². The molecular formula is C23H19F3N4O2. The monoisotopic (exact) mass is 440 g/mol. The fraction of sp³-hybridized carbons (Fsp3) is 0.174. The molecule has 2 aromatic heterocycles. The Morgan fingerprint density at radius 3 is 2.28 bits per heavy atom. The van der Waals surface area contributed by atoms with Gasteiger partial charge in [0.2, 0.25) is 0 Å². The maximum atomic E-state index is 13.0. The first-order chi connectivity index (χ1) is 15.1. The van der Waals surface area contributed by atoms with Crippen molar-refractivity contribution in [3.05, 3.63) is 77.1 Å². The number of carbonyl (C=O) groups excluding carboxylic acids is 1. The van der Waals surface area contributed by atoms with Gasteiger partial charge in [-0.25, -0.2) is 9.67 Å². The molecule has 32 heavy (non-hydrogen) atoms. The normalized spacial score (nSPS) is 11.6. The van der Waals surface area contributed by atoms with Gasteiger partial charge in [0, 0.05) is 11.4 Å². The summed E-state index contributed by atoms with van der Waals surface area (Å²) in [5, 5.41) is 7.89. The number of hydrogen-bond donors (Lipinski definition) is 1. The number of halogens is 3. The molecule has 0 aliphatic heterocycles. The molecule has 0 atom stereocenters. The second kappa shape index (κ2) is 7.99. The van der Waals surface area contributed by atoms with E-state index in [1.54, 1.807) is 24.6 Å². The molecule has 0 saturated carbocycles. The van der Waals surface area contributed by atoms with Gasteiger partial charge >= 0.3 is 6.36 Å². The van der Waals surface area contributed by atoms with Crippen molar-refractivity contribution in [2.45, 2.75) is 27.1 Å². The lowest BCUT2D eigenvalue weighted by molar-refractivity contribution is -0.274. The van der Waals surface area contributed by atoms with Gasteiger partial charge in [-0.3, -0.25) is 4.79 Å². The van der Waals surface area contributed by atoms with E-state index >= 15 is 0 Å². The van der Waals surface area contributed by atoms with Gasteiger partial charge < -0.3 is 10.1 Å². The van der Waals surface area contributed by atoms with Crippen molar-refractivity contribution in [3.8, 4) is 11.4 Å². The molecule has 0 aliphatic carbocycles. The number of pyridine rings is 1. The Morgan fingerprint density at radius 1 is 1.00 bits per heavy atom. The number of carbonyl (C=O) groups is 1. The number of amides is 1. The molecule has 1 amide bonds. The maximum Gasteiger partial charge on any atom is 0.573 e. The van der Waals surface area contributed by atoms with E-state index in [4.69, 9.17) is 0 Å². The number of anilines is 1. The van der Waals surface area contributed by atoms with E-state index in [-0.39, 0.29) is 5.75 Å². The van der Waals surface area contributed by atoms with Crippen LogP contribution in [0, 0.1) is 20.8 Å². The Bertz CT molecular complexity index is 1290. The van der Waals surface area contributed by atoms with Crippen molar-refractivity contribution in [1.82, 2.24) is 14.8 Å². The molecule has 0 aliphatic rings. The summed E-state index contributed by atoms with van der Waals surface area (Å²) in [5.41, 5.74) is 4.44. The molecule has 2 heterocycles. The first-order valence-electron chi connectivity index (χ1n) is 9.72. The highest BCUT2D eigenvalue weighted by Crippen LogP contribution is 2.27. The van der Waals surface area contributed by atoms with Crippen molar-refractivity contribution in [2.24, 2.45) is 0 Å². The van der Waals surface area contributed by atoms with E-state index in [1.165, 1.54) is 12.1 Å². The Balaban J connectivity index is 1.68. The predicted octanol–water partition coefficient (Wildman–Crippen LogP) is 5.50. The van der Waals surface area contributed by atoms with Crippen LogP contribution >= 0.6 is 0 Å². The molecule has 0 fully saturated rings. The van der Waals surface area contributed by atoms with Gasteiger partial charge in [0.1, 0.15) is 5.75 Å². The highest BCUT2D eigenvalue weighted by Gasteiger charge is 2.31. The standard InChI is InChI=1S/C23H19F3N4O2/c1-13-4-8-17(9-5-13)30-21-20(15(3)29-30)19(12-14(2)27-21)22(31)28-16-6-10-18(11-7-16)32-23(24,25)26/h4-12H,1-3H3,(H,28,31). The lowest BCUT2D eigenvalue weighted by Crippen LogP contribution is -2.17. The molecule has 0 saturated heterocycles. The van der Waals surface area contributed by atoms with Gasteiger partial charge in [-0.1, -0.05) is 17.7 Å². The molecule has 4 aromatic rings. The van der Waals surface area contributed by atoms with Gasteiger partial charge in [-0.2, -0.15) is 5.10 Å². The van der Waals surface area contributed by atoms with Crippen LogP contribution in [0.5, 0.6) is 5.75 Å². The van der Waals surface area contributed by atoms with Crippen LogP contribution in [0.3, 0.4) is 0 Å². The van der Waals surface area contributed by atoms with E-state index < -0.39 is 12.3 Å². The van der Waals surface area contributed by atoms with Gasteiger partial charge in [0.05, 0.1) is 22.3 Å². The zero-order chi connectivity index (χ0) is 23.0. The molecule has 0 unspecified atom stereocenters. The third-order valence-electron chi connectivity index (χ3n) is 4.81. The Hall–Kier alpha value is -3.88. The van der Waals surface area contributed by atoms with Gasteiger partial charge in [-0.15, -0.1) is 13.2 Å². The van der Waals surface area contributed by atoms with E-state index in [2.05, 4.69) is 20.1 Å². The summed E-state index contributed by atoms with van der Waals surface area (Å²) in [6, 6.07) is 14.4. The number of rotatable bonds is 4. The summed E-state index contributed by atoms with van der Waals surface area (Å²) in [6.07, 6.45) is -4.78. The van der Waals surface area contributed by atoms with E-state index in [1.807, 2.05) is 31.2 Å². The van der Waals surface area contributed by atoms with Crippen molar-refractivity contribution in [1.29, 1.82) is 0 Å². The molecule has 164 valence electrons. The number of benzene rings is 2. The summed E-state index contributed by atoms with van der Waals surface area (Å²) < 4.78 is 42.6. The molecule has 2 aromatic carbocycles. The zero-order valence-electron chi connectivity index (χ0n) is 17.5. The lowest BCUT2D eigenvalue weighted by Gasteiger charge is -2.11. The number of nitrogens with zero attached hydrogens (tertiary/aromatic N) is 3. The highest BCUT2D eigenvalue weighted by molar-refractivity contribution is 6.12. The number of aromatic nitrogens is 3. The first-order valence-corrected chi connectivity index (χ1v) is 9.72. The van der Waals surface area contributed by atoms with Crippen molar-refractivity contribution in [2.75, 3.05) is 5.32 Å². The molecule has 0 bridgehead atoms. The van der Waals surface area contributed by atoms with E-state index in [0.717, 1.165) is 23.4 Å². The summed E-state index contributed by atoms with van der Waals surface area (Å²) in [6.45, 7) is 5.56. The smallest absolute Gasteiger partial charge is 0.406 e. The fourth-order valence-corrected chi connectivity index (χ4v) is 3.40. The van der Waals surface area contributed by atoms with Crippen molar-refractivity contribution >= 4 is 22.6 Å². The van der Waals surface area contributed by atoms with Gasteiger partial charge in [0.25, 0.3) is 5.91 Å². The van der Waals surface area contributed by atoms with Crippen LogP contribution in [0.15, 0.2) is 54.6 Å². The zero-order valence-corrected chi connectivity index (χ0v) is 17.5. The summed E-state index contributed by atoms with van der Waals surface area (Å²) in [7, 11) is 0. The maximum absolute atomic E-state index is 13.0. The molecule has 6 nitrogen and oxygen atoms in total. The predicted molar refractivity (Wildman–Crippen MR) is 114 cm³/mol. The van der Waals surface area contributed by atoms with E-state index in [9.17, 15) is 18.0 Å². The van der Waals surface area contributed by atoms with Crippen LogP contribution in [-0.4, -0.2) is 27.0 Å². The number of fused-ring (bicyclic) bond motifs is 1. The van der Waals surface area contributed by atoms with Crippen LogP contribution < -0.4 is 10.1 Å². The van der Waals surface area contributed by atoms with Gasteiger partial charge in [-0.05, 0) is 63.2 Å². The van der Waals surface area contributed by atoms with Crippen molar-refractivity contribution < 1.29 is 22.7 Å². The van der Waals surface area contributed by atoms with Crippen LogP contribution in [0.25, 0.3) is 16.7 Å². The number of ether oxygens (including phenoxy) is 1. The topological polar surface area (TPSA) is 69.0 Å². The third kappa shape index (κ3) is 4.41. The number of nitrogens with one attached hydrogen (secondary N) is 1. The Morgan fingerprint density at radius 2 is 1.66 bits per heavy atom. The van der Waals surface area contributed by atoms with Crippen LogP contribution in [-0.2, 0) is 0 Å². The molecule has 4 rings (SSSR count). The van der Waals surface area contributed by atoms with Crippen LogP contribution in [0.4, 0.5) is 18.9 Å². The number of alkyl halides is 3. The fourth-order valence-electron chi connectivity index (χ4n) is 3.40. The quantitative estimate of drug-likeness (QED) is 0.455. The molecule has 1 N–H and O–H groups in total. The largest absolute Gasteiger partial charge is 0.573 e. The molecule has 0 spiro atoms. The summed E-state index contributed by atoms with van der Waals surface area (Å²) in [5.74, 6) is -0.788. The van der Waals surface area contributed by atoms with E-state index in [0.29, 0.717) is 33.7 Å². The molecular weight excluding hydrogens is 421 g/mol. The minimum Gasteiger partial charge on any atom is -0.406 e. The Labute approximate surface area is 181 Å². The summed E-state index contributed by atoms with van der Waals surface area (Å²) in [4.78, 5) is 17.6. The average molecular weight is 440 g/mol. The first kappa shape index (κ1) is 21.4. The minimum absolute atomic E-state index is 0.329. The minimum atomic E-state index is -4.78. The van der Waals surface area contributed by atoms with Crippen molar-refractivity contribution in [3.63, 3.8) is 0 Å². The SMILES string of the molecule is Cc1ccc(-n2nc(C)c3c(C(=O)Nc4ccc(OC(F)(F)F)cc4)cc(C)nc32)cc1. The molecule has 9 heteroatoms. The second-order valence-electron chi connectivity index (χ2n) is 7.37. The van der Waals surface area contributed by atoms with Gasteiger partial charge in [0.15, 0.2) is 5.65 Å². The van der Waals surface area contributed by atoms with Crippen LogP contribution in [0.1, 0.15) is 27.3 Å². The summed E-state index contributed by atoms with van der Waals surface area (Å²) >= 11 is 0. The Kier molecular flexibility index (Phi) is 5.33. The lowest BCUT2D eigenvalue weighted by atomic mass is 10.1. The second-order valence-corrected chi connectivity index (χ2v) is 7.37. The number of hydrogen-bond acceptors (Lipinski definition) is 4. The highest BCUT2D eigenvalue weighted by atomic mass is 19.4.